The molecule has 1 aliphatic rings. The molecule has 1 aliphatic heterocycles. The van der Waals surface area contributed by atoms with Gasteiger partial charge < -0.3 is 9.88 Å². The highest BCUT2D eigenvalue weighted by Crippen LogP contribution is 2.24. The molecule has 3 rings (SSSR count). The molecule has 5 heteroatoms. The number of aromatic nitrogens is 3. The molecule has 23 heavy (non-hydrogen) atoms. The fourth-order valence-corrected chi connectivity index (χ4v) is 3.38. The van der Waals surface area contributed by atoms with Gasteiger partial charge >= 0.3 is 0 Å². The number of nitrogens with zero attached hydrogens (tertiary/aromatic N) is 4. The summed E-state index contributed by atoms with van der Waals surface area (Å²) in [5.74, 6) is 1.07. The summed E-state index contributed by atoms with van der Waals surface area (Å²) in [5, 5.41) is 11.8. The maximum atomic E-state index is 4.13. The fraction of sp³-hybridized carbons (Fsp3) is 0.556. The molecule has 0 radical (unpaired) electrons. The van der Waals surface area contributed by atoms with Crippen LogP contribution in [0.2, 0.25) is 0 Å². The van der Waals surface area contributed by atoms with Crippen LogP contribution >= 0.6 is 0 Å². The Hall–Kier alpha value is -1.72. The number of aryl methyl sites for hydroxylation is 1. The van der Waals surface area contributed by atoms with Crippen molar-refractivity contribution in [2.45, 2.75) is 45.3 Å². The molecule has 0 unspecified atom stereocenters. The lowest BCUT2D eigenvalue weighted by Gasteiger charge is -2.25. The van der Waals surface area contributed by atoms with Crippen LogP contribution in [0.1, 0.15) is 37.7 Å². The van der Waals surface area contributed by atoms with Gasteiger partial charge in [0.1, 0.15) is 12.2 Å². The van der Waals surface area contributed by atoms with E-state index in [1.54, 1.807) is 0 Å². The van der Waals surface area contributed by atoms with Crippen molar-refractivity contribution in [1.29, 1.82) is 0 Å². The number of hydrogen-bond acceptors (Lipinski definition) is 4. The summed E-state index contributed by atoms with van der Waals surface area (Å²) < 4.78 is 2.15. The molecule has 2 heterocycles. The maximum absolute atomic E-state index is 4.13. The first-order chi connectivity index (χ1) is 11.3. The lowest BCUT2D eigenvalue weighted by molar-refractivity contribution is 0.255. The molecule has 0 spiro atoms. The number of hydrogen-bond donors (Lipinski definition) is 1. The maximum Gasteiger partial charge on any atom is 0.132 e. The molecule has 5 nitrogen and oxygen atoms in total. The van der Waals surface area contributed by atoms with Gasteiger partial charge in [0, 0.05) is 44.7 Å². The van der Waals surface area contributed by atoms with Gasteiger partial charge in [-0.1, -0.05) is 37.3 Å². The normalized spacial score (nSPS) is 20.0. The smallest absolute Gasteiger partial charge is 0.132 e. The molecular weight excluding hydrogens is 286 g/mol. The van der Waals surface area contributed by atoms with E-state index in [1.807, 2.05) is 6.33 Å². The van der Waals surface area contributed by atoms with Crippen molar-refractivity contribution < 1.29 is 0 Å². The van der Waals surface area contributed by atoms with E-state index in [9.17, 15) is 0 Å². The second-order valence-corrected chi connectivity index (χ2v) is 6.32. The monoisotopic (exact) mass is 313 g/mol. The summed E-state index contributed by atoms with van der Waals surface area (Å²) in [6, 6.07) is 11.9. The minimum absolute atomic E-state index is 0.493. The van der Waals surface area contributed by atoms with E-state index in [0.717, 1.165) is 31.9 Å². The molecule has 0 bridgehead atoms. The molecule has 2 aromatic rings. The predicted octanol–water partition coefficient (Wildman–Crippen LogP) is 2.27. The number of likely N-dealkylation sites (tertiary alicyclic amines) is 1. The van der Waals surface area contributed by atoms with Gasteiger partial charge in [0.15, 0.2) is 0 Å². The lowest BCUT2D eigenvalue weighted by atomic mass is 10.1. The lowest BCUT2D eigenvalue weighted by Crippen LogP contribution is -2.35. The minimum Gasteiger partial charge on any atom is -0.316 e. The summed E-state index contributed by atoms with van der Waals surface area (Å²) in [5.41, 5.74) is 1.41. The van der Waals surface area contributed by atoms with Gasteiger partial charge in [-0.2, -0.15) is 0 Å². The molecule has 1 fully saturated rings. The molecule has 0 aliphatic carbocycles. The Morgan fingerprint density at radius 3 is 2.91 bits per heavy atom. The summed E-state index contributed by atoms with van der Waals surface area (Å²) in [6.07, 6.45) is 3.99. The van der Waals surface area contributed by atoms with Crippen molar-refractivity contribution in [3.05, 3.63) is 48.0 Å². The average molecular weight is 313 g/mol. The summed E-state index contributed by atoms with van der Waals surface area (Å²) in [7, 11) is 0. The third kappa shape index (κ3) is 3.98. The summed E-state index contributed by atoms with van der Waals surface area (Å²) >= 11 is 0. The number of rotatable bonds is 7. The number of nitrogens with one attached hydrogen (secondary N) is 1. The molecular formula is C18H27N5. The van der Waals surface area contributed by atoms with Crippen LogP contribution in [0.3, 0.4) is 0 Å². The second-order valence-electron chi connectivity index (χ2n) is 6.32. The van der Waals surface area contributed by atoms with Gasteiger partial charge in [0.05, 0.1) is 0 Å². The Labute approximate surface area is 138 Å². The van der Waals surface area contributed by atoms with E-state index >= 15 is 0 Å². The first kappa shape index (κ1) is 16.1. The molecule has 1 aromatic carbocycles. The van der Waals surface area contributed by atoms with Crippen molar-refractivity contribution in [2.75, 3.05) is 19.6 Å². The van der Waals surface area contributed by atoms with Crippen LogP contribution in [0.25, 0.3) is 0 Å². The van der Waals surface area contributed by atoms with E-state index in [-0.39, 0.29) is 0 Å². The van der Waals surface area contributed by atoms with E-state index in [0.29, 0.717) is 12.1 Å². The topological polar surface area (TPSA) is 46.0 Å². The third-order valence-electron chi connectivity index (χ3n) is 4.85. The van der Waals surface area contributed by atoms with Crippen LogP contribution < -0.4 is 5.32 Å². The highest BCUT2D eigenvalue weighted by Gasteiger charge is 2.26. The largest absolute Gasteiger partial charge is 0.316 e. The standard InChI is InChI=1S/C18H27N5/c1-3-18-21-20-14-23(18)12-10-19-17-9-11-22(13-17)15(2)16-7-5-4-6-8-16/h4-8,14-15,17,19H,3,9-13H2,1-2H3/t15-,17+/m0/s1. The zero-order chi connectivity index (χ0) is 16.1. The van der Waals surface area contributed by atoms with E-state index < -0.39 is 0 Å². The predicted molar refractivity (Wildman–Crippen MR) is 92.2 cm³/mol. The SMILES string of the molecule is CCc1nncn1CCN[C@@H]1CCN([C@@H](C)c2ccccc2)C1. The first-order valence-electron chi connectivity index (χ1n) is 8.67. The molecule has 1 N–H and O–H groups in total. The highest BCUT2D eigenvalue weighted by molar-refractivity contribution is 5.18. The van der Waals surface area contributed by atoms with Gasteiger partial charge in [-0.15, -0.1) is 10.2 Å². The average Bonchev–Trinajstić information content (AvgIpc) is 3.24. The van der Waals surface area contributed by atoms with Gasteiger partial charge in [-0.05, 0) is 18.9 Å². The van der Waals surface area contributed by atoms with Crippen LogP contribution in [0.15, 0.2) is 36.7 Å². The first-order valence-corrected chi connectivity index (χ1v) is 8.67. The van der Waals surface area contributed by atoms with Crippen molar-refractivity contribution in [3.8, 4) is 0 Å². The quantitative estimate of drug-likeness (QED) is 0.852. The van der Waals surface area contributed by atoms with E-state index in [4.69, 9.17) is 0 Å². The van der Waals surface area contributed by atoms with Crippen LogP contribution in [0.5, 0.6) is 0 Å². The zero-order valence-corrected chi connectivity index (χ0v) is 14.2. The fourth-order valence-electron chi connectivity index (χ4n) is 3.38. The van der Waals surface area contributed by atoms with Crippen molar-refractivity contribution in [2.24, 2.45) is 0 Å². The summed E-state index contributed by atoms with van der Waals surface area (Å²) in [6.45, 7) is 8.64. The van der Waals surface area contributed by atoms with Crippen LogP contribution in [0, 0.1) is 0 Å². The van der Waals surface area contributed by atoms with Crippen LogP contribution in [-0.4, -0.2) is 45.3 Å². The molecule has 124 valence electrons. The Bertz CT molecular complexity index is 594. The molecule has 2 atom stereocenters. The third-order valence-corrected chi connectivity index (χ3v) is 4.85. The molecule has 1 aromatic heterocycles. The second kappa shape index (κ2) is 7.70. The van der Waals surface area contributed by atoms with Crippen molar-refractivity contribution in [3.63, 3.8) is 0 Å². The number of benzene rings is 1. The summed E-state index contributed by atoms with van der Waals surface area (Å²) in [4.78, 5) is 2.57. The molecule has 0 amide bonds. The van der Waals surface area contributed by atoms with Crippen LogP contribution in [-0.2, 0) is 13.0 Å². The molecule has 0 saturated carbocycles. The van der Waals surface area contributed by atoms with E-state index in [2.05, 4.69) is 69.2 Å². The zero-order valence-electron chi connectivity index (χ0n) is 14.2. The van der Waals surface area contributed by atoms with Gasteiger partial charge in [-0.25, -0.2) is 0 Å². The minimum atomic E-state index is 0.493. The Balaban J connectivity index is 1.45. The van der Waals surface area contributed by atoms with Crippen LogP contribution in [0.4, 0.5) is 0 Å². The highest BCUT2D eigenvalue weighted by atomic mass is 15.3. The molecule has 1 saturated heterocycles. The Morgan fingerprint density at radius 2 is 2.13 bits per heavy atom. The Kier molecular flexibility index (Phi) is 5.41. The van der Waals surface area contributed by atoms with Crippen molar-refractivity contribution >= 4 is 0 Å². The Morgan fingerprint density at radius 1 is 1.30 bits per heavy atom. The van der Waals surface area contributed by atoms with Crippen molar-refractivity contribution in [1.82, 2.24) is 25.0 Å². The van der Waals surface area contributed by atoms with Gasteiger partial charge in [0.25, 0.3) is 0 Å². The van der Waals surface area contributed by atoms with Gasteiger partial charge in [-0.3, -0.25) is 4.90 Å². The van der Waals surface area contributed by atoms with E-state index in [1.165, 1.54) is 18.5 Å². The van der Waals surface area contributed by atoms with Gasteiger partial charge in [0.2, 0.25) is 0 Å².